The molecule has 0 aromatic carbocycles. The van der Waals surface area contributed by atoms with Crippen LogP contribution in [0.15, 0.2) is 35.5 Å². The molecule has 2 N–H and O–H groups in total. The van der Waals surface area contributed by atoms with E-state index in [-0.39, 0.29) is 5.91 Å². The topological polar surface area (TPSA) is 137 Å². The summed E-state index contributed by atoms with van der Waals surface area (Å²) >= 11 is 0. The van der Waals surface area contributed by atoms with Crippen molar-refractivity contribution in [2.45, 2.75) is 13.0 Å². The van der Waals surface area contributed by atoms with Gasteiger partial charge < -0.3 is 15.2 Å². The highest BCUT2D eigenvalue weighted by atomic mass is 16.2. The van der Waals surface area contributed by atoms with Crippen LogP contribution in [0.4, 0.5) is 0 Å². The quantitative estimate of drug-likeness (QED) is 0.465. The number of H-pyrrole nitrogens is 1. The summed E-state index contributed by atoms with van der Waals surface area (Å²) in [7, 11) is 3.83. The molecule has 4 rings (SSSR count). The summed E-state index contributed by atoms with van der Waals surface area (Å²) in [5, 5.41) is 16.3. The molecule has 4 aromatic heterocycles. The van der Waals surface area contributed by atoms with Crippen molar-refractivity contribution >= 4 is 22.6 Å². The van der Waals surface area contributed by atoms with Crippen molar-refractivity contribution < 1.29 is 4.79 Å². The molecule has 0 saturated carbocycles. The number of aromatic amines is 1. The van der Waals surface area contributed by atoms with Crippen LogP contribution in [0.25, 0.3) is 28.1 Å². The van der Waals surface area contributed by atoms with E-state index in [4.69, 9.17) is 0 Å². The highest BCUT2D eigenvalue weighted by molar-refractivity contribution is 5.83. The summed E-state index contributed by atoms with van der Waals surface area (Å²) in [6.07, 6.45) is 4.79. The van der Waals surface area contributed by atoms with Gasteiger partial charge in [-0.25, -0.2) is 19.3 Å². The maximum Gasteiger partial charge on any atom is 0.328 e. The van der Waals surface area contributed by atoms with Crippen molar-refractivity contribution in [2.24, 2.45) is 0 Å². The summed E-state index contributed by atoms with van der Waals surface area (Å²) in [6.45, 7) is 2.81. The molecule has 4 aromatic rings. The number of carbonyl (C=O) groups is 1. The van der Waals surface area contributed by atoms with Crippen LogP contribution < -0.4 is 11.0 Å². The number of nitrogens with one attached hydrogen (secondary N) is 2. The molecule has 0 fully saturated rings. The molecule has 1 atom stereocenters. The van der Waals surface area contributed by atoms with Gasteiger partial charge in [0.05, 0.1) is 35.1 Å². The number of amides is 1. The molecule has 0 aliphatic rings. The SMILES string of the molecule is C[C@H](C(=O)NCCN(C)C)n1c(=O)[nH]c2cnc(-c3cnn4ccc(C#N)cc34)nc21. The number of hydrogen-bond acceptors (Lipinski definition) is 7. The highest BCUT2D eigenvalue weighted by Crippen LogP contribution is 2.23. The number of carbonyl (C=O) groups excluding carboxylic acids is 1. The van der Waals surface area contributed by atoms with Crippen LogP contribution in [0.5, 0.6) is 0 Å². The Morgan fingerprint density at radius 3 is 2.94 bits per heavy atom. The maximum absolute atomic E-state index is 12.6. The van der Waals surface area contributed by atoms with Crippen LogP contribution in [0.3, 0.4) is 0 Å². The van der Waals surface area contributed by atoms with E-state index >= 15 is 0 Å². The van der Waals surface area contributed by atoms with E-state index in [0.29, 0.717) is 46.7 Å². The summed E-state index contributed by atoms with van der Waals surface area (Å²) in [4.78, 5) is 38.7. The number of imidazole rings is 1. The molecule has 158 valence electrons. The number of nitriles is 1. The van der Waals surface area contributed by atoms with Crippen molar-refractivity contribution in [3.63, 3.8) is 0 Å². The lowest BCUT2D eigenvalue weighted by molar-refractivity contribution is -0.123. The van der Waals surface area contributed by atoms with Crippen LogP contribution >= 0.6 is 0 Å². The molecule has 11 nitrogen and oxygen atoms in total. The second-order valence-electron chi connectivity index (χ2n) is 7.42. The van der Waals surface area contributed by atoms with Gasteiger partial charge in [0.15, 0.2) is 11.5 Å². The van der Waals surface area contributed by atoms with E-state index < -0.39 is 11.7 Å². The fourth-order valence-electron chi connectivity index (χ4n) is 3.30. The molecule has 0 radical (unpaired) electrons. The summed E-state index contributed by atoms with van der Waals surface area (Å²) in [5.41, 5.74) is 2.07. The molecule has 1 amide bonds. The first kappa shape index (κ1) is 20.2. The van der Waals surface area contributed by atoms with Crippen LogP contribution in [0, 0.1) is 11.3 Å². The second kappa shape index (κ2) is 8.00. The fraction of sp³-hybridized carbons (Fsp3) is 0.300. The molecular weight excluding hydrogens is 398 g/mol. The zero-order valence-corrected chi connectivity index (χ0v) is 17.3. The predicted molar refractivity (Wildman–Crippen MR) is 113 cm³/mol. The minimum absolute atomic E-state index is 0.278. The lowest BCUT2D eigenvalue weighted by atomic mass is 10.2. The van der Waals surface area contributed by atoms with E-state index in [1.807, 2.05) is 19.0 Å². The number of hydrogen-bond donors (Lipinski definition) is 2. The Kier molecular flexibility index (Phi) is 5.22. The lowest BCUT2D eigenvalue weighted by Gasteiger charge is -2.15. The first-order valence-corrected chi connectivity index (χ1v) is 9.66. The second-order valence-corrected chi connectivity index (χ2v) is 7.42. The van der Waals surface area contributed by atoms with E-state index in [2.05, 4.69) is 31.4 Å². The summed E-state index contributed by atoms with van der Waals surface area (Å²) in [5.74, 6) is 0.0604. The smallest absolute Gasteiger partial charge is 0.328 e. The van der Waals surface area contributed by atoms with Crippen LogP contribution in [-0.4, -0.2) is 67.1 Å². The Morgan fingerprint density at radius 1 is 1.39 bits per heavy atom. The Morgan fingerprint density at radius 2 is 2.19 bits per heavy atom. The van der Waals surface area contributed by atoms with Crippen molar-refractivity contribution in [1.82, 2.24) is 39.3 Å². The molecule has 31 heavy (non-hydrogen) atoms. The van der Waals surface area contributed by atoms with E-state index in [0.717, 1.165) is 0 Å². The molecule has 0 bridgehead atoms. The molecule has 0 unspecified atom stereocenters. The van der Waals surface area contributed by atoms with Crippen LogP contribution in [0.2, 0.25) is 0 Å². The van der Waals surface area contributed by atoms with Gasteiger partial charge in [-0.05, 0) is 33.2 Å². The van der Waals surface area contributed by atoms with Gasteiger partial charge in [-0.2, -0.15) is 10.4 Å². The Hall–Kier alpha value is -4.04. The van der Waals surface area contributed by atoms with E-state index in [1.165, 1.54) is 10.8 Å². The van der Waals surface area contributed by atoms with Gasteiger partial charge >= 0.3 is 5.69 Å². The minimum Gasteiger partial charge on any atom is -0.353 e. The normalized spacial score (nSPS) is 12.4. The van der Waals surface area contributed by atoms with Crippen LogP contribution in [-0.2, 0) is 4.79 Å². The van der Waals surface area contributed by atoms with Crippen molar-refractivity contribution in [1.29, 1.82) is 5.26 Å². The van der Waals surface area contributed by atoms with E-state index in [1.54, 1.807) is 36.0 Å². The fourth-order valence-corrected chi connectivity index (χ4v) is 3.30. The van der Waals surface area contributed by atoms with Crippen LogP contribution in [0.1, 0.15) is 18.5 Å². The first-order chi connectivity index (χ1) is 14.9. The Labute approximate surface area is 176 Å². The third kappa shape index (κ3) is 3.76. The number of rotatable bonds is 6. The van der Waals surface area contributed by atoms with E-state index in [9.17, 15) is 14.9 Å². The van der Waals surface area contributed by atoms with Crippen molar-refractivity contribution in [2.75, 3.05) is 27.2 Å². The van der Waals surface area contributed by atoms with Gasteiger partial charge in [0, 0.05) is 19.3 Å². The summed E-state index contributed by atoms with van der Waals surface area (Å²) in [6, 6.07) is 4.69. The number of likely N-dealkylation sites (N-methyl/N-ethyl adjacent to an activating group) is 1. The van der Waals surface area contributed by atoms with Gasteiger partial charge in [-0.15, -0.1) is 0 Å². The van der Waals surface area contributed by atoms with Gasteiger partial charge in [0.2, 0.25) is 5.91 Å². The molecule has 4 heterocycles. The van der Waals surface area contributed by atoms with Crippen molar-refractivity contribution in [3.8, 4) is 17.5 Å². The average Bonchev–Trinajstić information content (AvgIpc) is 3.31. The van der Waals surface area contributed by atoms with Gasteiger partial charge in [0.25, 0.3) is 0 Å². The molecule has 0 saturated heterocycles. The lowest BCUT2D eigenvalue weighted by Crippen LogP contribution is -2.38. The minimum atomic E-state index is -0.764. The molecule has 0 aliphatic carbocycles. The van der Waals surface area contributed by atoms with Gasteiger partial charge in [-0.1, -0.05) is 0 Å². The molecule has 0 aliphatic heterocycles. The zero-order chi connectivity index (χ0) is 22.1. The zero-order valence-electron chi connectivity index (χ0n) is 17.3. The molecule has 0 spiro atoms. The Balaban J connectivity index is 1.74. The molecule has 11 heteroatoms. The van der Waals surface area contributed by atoms with Gasteiger partial charge in [0.1, 0.15) is 11.6 Å². The van der Waals surface area contributed by atoms with Crippen molar-refractivity contribution in [3.05, 3.63) is 46.8 Å². The largest absolute Gasteiger partial charge is 0.353 e. The third-order valence-electron chi connectivity index (χ3n) is 4.97. The monoisotopic (exact) mass is 419 g/mol. The number of aromatic nitrogens is 6. The maximum atomic E-state index is 12.6. The summed E-state index contributed by atoms with van der Waals surface area (Å²) < 4.78 is 2.94. The highest BCUT2D eigenvalue weighted by Gasteiger charge is 2.22. The number of nitrogens with zero attached hydrogens (tertiary/aromatic N) is 7. The Bertz CT molecular complexity index is 1370. The third-order valence-corrected chi connectivity index (χ3v) is 4.97. The predicted octanol–water partition coefficient (Wildman–Crippen LogP) is 0.545. The molecular formula is C20H21N9O2. The first-order valence-electron chi connectivity index (χ1n) is 9.66. The van der Waals surface area contributed by atoms with Gasteiger partial charge in [-0.3, -0.25) is 9.36 Å². The average molecular weight is 419 g/mol. The number of pyridine rings is 1. The number of fused-ring (bicyclic) bond motifs is 2. The standard InChI is InChI=1S/C20H21N9O2/c1-12(19(30)22-5-7-27(2)3)29-18-15(25-20(29)31)11-23-17(26-18)14-10-24-28-6-4-13(9-21)8-16(14)28/h4,6,8,10-12H,5,7H2,1-3H3,(H,22,30)(H,25,31)/t12-/m1/s1.